The minimum atomic E-state index is -0.371. The van der Waals surface area contributed by atoms with E-state index in [4.69, 9.17) is 9.47 Å². The van der Waals surface area contributed by atoms with Gasteiger partial charge >= 0.3 is 5.97 Å². The Hall–Kier alpha value is -3.65. The van der Waals surface area contributed by atoms with Gasteiger partial charge in [0.25, 0.3) is 0 Å². The summed E-state index contributed by atoms with van der Waals surface area (Å²) in [5.74, 6) is 0.213. The molecule has 0 spiro atoms. The van der Waals surface area contributed by atoms with Crippen LogP contribution in [0.1, 0.15) is 35.3 Å². The number of nitrogens with zero attached hydrogens (tertiary/aromatic N) is 3. The summed E-state index contributed by atoms with van der Waals surface area (Å²) in [6.45, 7) is 9.57. The molecule has 0 bridgehead atoms. The third-order valence-electron chi connectivity index (χ3n) is 5.92. The number of carbonyl (C=O) groups is 2. The lowest BCUT2D eigenvalue weighted by Crippen LogP contribution is -2.27. The van der Waals surface area contributed by atoms with Crippen molar-refractivity contribution in [2.75, 3.05) is 31.6 Å². The van der Waals surface area contributed by atoms with Crippen LogP contribution in [0.2, 0.25) is 0 Å². The highest BCUT2D eigenvalue weighted by Crippen LogP contribution is 2.37. The van der Waals surface area contributed by atoms with Gasteiger partial charge in [-0.15, -0.1) is 0 Å². The number of likely N-dealkylation sites (N-methyl/N-ethyl adjacent to an activating group) is 1. The molecule has 0 saturated carbocycles. The molecule has 0 fully saturated rings. The van der Waals surface area contributed by atoms with E-state index in [1.807, 2.05) is 25.1 Å². The van der Waals surface area contributed by atoms with Gasteiger partial charge in [0.15, 0.2) is 0 Å². The van der Waals surface area contributed by atoms with Crippen molar-refractivity contribution in [1.29, 1.82) is 0 Å². The maximum absolute atomic E-state index is 12.7. The van der Waals surface area contributed by atoms with Crippen molar-refractivity contribution in [2.24, 2.45) is 0 Å². The zero-order valence-electron chi connectivity index (χ0n) is 19.8. The van der Waals surface area contributed by atoms with Crippen molar-refractivity contribution >= 4 is 17.6 Å². The van der Waals surface area contributed by atoms with E-state index in [1.54, 1.807) is 35.1 Å². The van der Waals surface area contributed by atoms with E-state index in [2.05, 4.69) is 29.2 Å². The first-order valence-electron chi connectivity index (χ1n) is 11.6. The fourth-order valence-electron chi connectivity index (χ4n) is 3.99. The lowest BCUT2D eigenvalue weighted by Gasteiger charge is -2.19. The topological polar surface area (TPSA) is 85.7 Å². The number of esters is 1. The maximum atomic E-state index is 12.7. The van der Waals surface area contributed by atoms with Crippen LogP contribution in [0.15, 0.2) is 48.7 Å². The summed E-state index contributed by atoms with van der Waals surface area (Å²) in [5, 5.41) is 7.28. The van der Waals surface area contributed by atoms with Gasteiger partial charge in [-0.1, -0.05) is 25.5 Å². The second-order valence-corrected chi connectivity index (χ2v) is 8.25. The highest BCUT2D eigenvalue weighted by Gasteiger charge is 2.23. The third-order valence-corrected chi connectivity index (χ3v) is 5.92. The van der Waals surface area contributed by atoms with E-state index in [1.165, 1.54) is 0 Å². The zero-order chi connectivity index (χ0) is 24.1. The molecule has 1 amide bonds. The van der Waals surface area contributed by atoms with Gasteiger partial charge < -0.3 is 19.7 Å². The fourth-order valence-corrected chi connectivity index (χ4v) is 3.99. The van der Waals surface area contributed by atoms with Gasteiger partial charge in [-0.05, 0) is 56.4 Å². The van der Waals surface area contributed by atoms with Crippen molar-refractivity contribution in [1.82, 2.24) is 14.7 Å². The van der Waals surface area contributed by atoms with E-state index in [0.717, 1.165) is 41.2 Å². The number of aromatic nitrogens is 2. The Balaban J connectivity index is 1.36. The summed E-state index contributed by atoms with van der Waals surface area (Å²) in [6, 6.07) is 12.7. The lowest BCUT2D eigenvalue weighted by molar-refractivity contribution is -0.116. The number of hydrogen-bond donors (Lipinski definition) is 1. The van der Waals surface area contributed by atoms with Crippen molar-refractivity contribution in [3.63, 3.8) is 0 Å². The van der Waals surface area contributed by atoms with Gasteiger partial charge in [0.2, 0.25) is 5.91 Å². The largest absolute Gasteiger partial charge is 0.488 e. The van der Waals surface area contributed by atoms with Crippen LogP contribution in [0.4, 0.5) is 5.69 Å². The van der Waals surface area contributed by atoms with Gasteiger partial charge in [-0.25, -0.2) is 4.79 Å². The number of rotatable bonds is 9. The molecule has 1 aromatic heterocycles. The van der Waals surface area contributed by atoms with Crippen molar-refractivity contribution in [3.05, 3.63) is 65.4 Å². The molecule has 1 N–H and O–H groups in total. The van der Waals surface area contributed by atoms with E-state index in [0.29, 0.717) is 31.0 Å². The van der Waals surface area contributed by atoms with Crippen LogP contribution >= 0.6 is 0 Å². The fraction of sp³-hybridized carbons (Fsp3) is 0.346. The molecule has 8 nitrogen and oxygen atoms in total. The number of aryl methyl sites for hydroxylation is 1. The van der Waals surface area contributed by atoms with Crippen molar-refractivity contribution in [2.45, 2.75) is 33.9 Å². The molecule has 0 atom stereocenters. The lowest BCUT2D eigenvalue weighted by atomic mass is 10.0. The molecule has 1 aliphatic rings. The Bertz CT molecular complexity index is 1170. The Morgan fingerprint density at radius 3 is 2.65 bits per heavy atom. The first-order chi connectivity index (χ1) is 16.5. The number of nitrogens with one attached hydrogen (secondary N) is 1. The Morgan fingerprint density at radius 1 is 1.15 bits per heavy atom. The molecule has 4 rings (SSSR count). The van der Waals surface area contributed by atoms with Crippen molar-refractivity contribution < 1.29 is 19.1 Å². The predicted molar refractivity (Wildman–Crippen MR) is 130 cm³/mol. The Kier molecular flexibility index (Phi) is 7.27. The smallest absolute Gasteiger partial charge is 0.338 e. The normalized spacial score (nSPS) is 12.0. The molecular weight excluding hydrogens is 432 g/mol. The van der Waals surface area contributed by atoms with Crippen molar-refractivity contribution in [3.8, 4) is 17.0 Å². The maximum Gasteiger partial charge on any atom is 0.338 e. The third kappa shape index (κ3) is 5.28. The molecule has 2 heterocycles. The van der Waals surface area contributed by atoms with E-state index in [-0.39, 0.29) is 18.4 Å². The monoisotopic (exact) mass is 462 g/mol. The number of benzene rings is 2. The Morgan fingerprint density at radius 2 is 1.91 bits per heavy atom. The van der Waals surface area contributed by atoms with Gasteiger partial charge in [0.05, 0.1) is 17.5 Å². The molecule has 0 radical (unpaired) electrons. The summed E-state index contributed by atoms with van der Waals surface area (Å²) >= 11 is 0. The zero-order valence-corrected chi connectivity index (χ0v) is 19.8. The van der Waals surface area contributed by atoms with Gasteiger partial charge in [0.1, 0.15) is 25.5 Å². The SMILES string of the molecule is CCN(CC)CCOC(=O)c1ccc(NC(=O)Cn2ncc3c2-c2cc(C)ccc2OC3)cc1. The number of carbonyl (C=O) groups excluding carboxylic acids is 2. The number of amides is 1. The second-order valence-electron chi connectivity index (χ2n) is 8.25. The van der Waals surface area contributed by atoms with E-state index < -0.39 is 0 Å². The predicted octanol–water partition coefficient (Wildman–Crippen LogP) is 3.89. The van der Waals surface area contributed by atoms with Gasteiger partial charge in [-0.3, -0.25) is 9.48 Å². The van der Waals surface area contributed by atoms with Crippen LogP contribution in [0.25, 0.3) is 11.3 Å². The second kappa shape index (κ2) is 10.5. The molecule has 2 aromatic carbocycles. The van der Waals surface area contributed by atoms with E-state index in [9.17, 15) is 9.59 Å². The summed E-state index contributed by atoms with van der Waals surface area (Å²) < 4.78 is 12.9. The van der Waals surface area contributed by atoms with Gasteiger partial charge in [0, 0.05) is 23.4 Å². The molecule has 178 valence electrons. The molecule has 1 aliphatic heterocycles. The average molecular weight is 463 g/mol. The van der Waals surface area contributed by atoms with Crippen LogP contribution in [-0.4, -0.2) is 52.8 Å². The summed E-state index contributed by atoms with van der Waals surface area (Å²) in [6.07, 6.45) is 1.74. The highest BCUT2D eigenvalue weighted by atomic mass is 16.5. The molecule has 0 unspecified atom stereocenters. The van der Waals surface area contributed by atoms with Crippen LogP contribution in [0, 0.1) is 6.92 Å². The average Bonchev–Trinajstić information content (AvgIpc) is 3.25. The summed E-state index contributed by atoms with van der Waals surface area (Å²) in [5.41, 5.74) is 4.96. The standard InChI is InChI=1S/C26H30N4O4/c1-4-29(5-2)12-13-33-26(32)19-7-9-21(10-8-19)28-24(31)16-30-25-20(15-27-30)17-34-23-11-6-18(3)14-22(23)25/h6-11,14-15H,4-5,12-13,16-17H2,1-3H3,(H,28,31). The molecule has 34 heavy (non-hydrogen) atoms. The molecule has 8 heteroatoms. The quantitative estimate of drug-likeness (QED) is 0.486. The van der Waals surface area contributed by atoms with Crippen LogP contribution in [-0.2, 0) is 22.7 Å². The van der Waals surface area contributed by atoms with Crippen LogP contribution < -0.4 is 10.1 Å². The van der Waals surface area contributed by atoms with Crippen LogP contribution in [0.5, 0.6) is 5.75 Å². The minimum Gasteiger partial charge on any atom is -0.488 e. The number of fused-ring (bicyclic) bond motifs is 3. The molecular formula is C26H30N4O4. The number of ether oxygens (including phenoxy) is 2. The minimum absolute atomic E-state index is 0.0673. The van der Waals surface area contributed by atoms with Gasteiger partial charge in [-0.2, -0.15) is 5.10 Å². The van der Waals surface area contributed by atoms with E-state index >= 15 is 0 Å². The number of hydrogen-bond acceptors (Lipinski definition) is 6. The van der Waals surface area contributed by atoms with Crippen LogP contribution in [0.3, 0.4) is 0 Å². The number of anilines is 1. The molecule has 0 saturated heterocycles. The Labute approximate surface area is 199 Å². The summed E-state index contributed by atoms with van der Waals surface area (Å²) in [7, 11) is 0. The molecule has 0 aliphatic carbocycles. The highest BCUT2D eigenvalue weighted by molar-refractivity contribution is 5.93. The summed E-state index contributed by atoms with van der Waals surface area (Å²) in [4.78, 5) is 27.2. The molecule has 3 aromatic rings. The first-order valence-corrected chi connectivity index (χ1v) is 11.6. The first kappa shape index (κ1) is 23.5.